The molecule has 1 aliphatic rings. The van der Waals surface area contributed by atoms with E-state index in [1.165, 1.54) is 18.2 Å². The average Bonchev–Trinajstić information content (AvgIpc) is 3.17. The maximum Gasteiger partial charge on any atom is 0.422 e. The largest absolute Gasteiger partial charge is 0.482 e. The summed E-state index contributed by atoms with van der Waals surface area (Å²) in [4.78, 5) is 11.8. The van der Waals surface area contributed by atoms with Crippen molar-refractivity contribution in [1.29, 1.82) is 0 Å². The fraction of sp³-hybridized carbons (Fsp3) is 0.462. The van der Waals surface area contributed by atoms with Crippen molar-refractivity contribution in [3.05, 3.63) is 23.8 Å². The van der Waals surface area contributed by atoms with Crippen LogP contribution in [0, 0.1) is 5.92 Å². The summed E-state index contributed by atoms with van der Waals surface area (Å²) in [7, 11) is 0. The van der Waals surface area contributed by atoms with Gasteiger partial charge in [-0.15, -0.1) is 0 Å². The summed E-state index contributed by atoms with van der Waals surface area (Å²) in [6.45, 7) is -0.796. The Hall–Kier alpha value is -1.92. The predicted octanol–water partition coefficient (Wildman–Crippen LogP) is 2.35. The van der Waals surface area contributed by atoms with Gasteiger partial charge in [0.2, 0.25) is 0 Å². The van der Waals surface area contributed by atoms with E-state index >= 15 is 0 Å². The highest BCUT2D eigenvalue weighted by Gasteiger charge is 2.28. The first kappa shape index (κ1) is 14.5. The van der Waals surface area contributed by atoms with Crippen molar-refractivity contribution < 1.29 is 22.7 Å². The van der Waals surface area contributed by atoms with Crippen LogP contribution in [0.1, 0.15) is 23.2 Å². The summed E-state index contributed by atoms with van der Waals surface area (Å²) in [6, 6.07) is 3.98. The molecular formula is C13H15F3N2O2. The van der Waals surface area contributed by atoms with E-state index in [-0.39, 0.29) is 17.3 Å². The molecule has 1 aromatic carbocycles. The molecule has 1 aliphatic carbocycles. The fourth-order valence-corrected chi connectivity index (χ4v) is 1.64. The molecule has 3 N–H and O–H groups in total. The SMILES string of the molecule is Nc1cc(C(=O)NCC2CC2)ccc1OCC(F)(F)F. The smallest absolute Gasteiger partial charge is 0.422 e. The monoisotopic (exact) mass is 288 g/mol. The highest BCUT2D eigenvalue weighted by atomic mass is 19.4. The zero-order valence-electron chi connectivity index (χ0n) is 10.7. The number of carbonyl (C=O) groups excluding carboxylic acids is 1. The van der Waals surface area contributed by atoms with E-state index < -0.39 is 12.8 Å². The number of rotatable bonds is 5. The van der Waals surface area contributed by atoms with Gasteiger partial charge in [-0.2, -0.15) is 13.2 Å². The highest BCUT2D eigenvalue weighted by Crippen LogP contribution is 2.28. The van der Waals surface area contributed by atoms with E-state index in [1.807, 2.05) is 0 Å². The summed E-state index contributed by atoms with van der Waals surface area (Å²) in [5.74, 6) is 0.178. The third-order valence-electron chi connectivity index (χ3n) is 2.91. The number of anilines is 1. The van der Waals surface area contributed by atoms with Crippen LogP contribution in [0.4, 0.5) is 18.9 Å². The van der Waals surface area contributed by atoms with Gasteiger partial charge in [0.1, 0.15) is 5.75 Å². The molecule has 4 nitrogen and oxygen atoms in total. The lowest BCUT2D eigenvalue weighted by molar-refractivity contribution is -0.153. The summed E-state index contributed by atoms with van der Waals surface area (Å²) in [6.07, 6.45) is -2.19. The topological polar surface area (TPSA) is 64.4 Å². The Bertz CT molecular complexity index is 499. The van der Waals surface area contributed by atoms with Gasteiger partial charge in [-0.3, -0.25) is 4.79 Å². The van der Waals surface area contributed by atoms with E-state index in [2.05, 4.69) is 10.1 Å². The lowest BCUT2D eigenvalue weighted by Crippen LogP contribution is -2.25. The molecule has 0 spiro atoms. The van der Waals surface area contributed by atoms with Gasteiger partial charge < -0.3 is 15.8 Å². The lowest BCUT2D eigenvalue weighted by atomic mass is 10.1. The van der Waals surface area contributed by atoms with Crippen LogP contribution in [-0.4, -0.2) is 25.2 Å². The number of benzene rings is 1. The third-order valence-corrected chi connectivity index (χ3v) is 2.91. The van der Waals surface area contributed by atoms with Gasteiger partial charge in [0, 0.05) is 12.1 Å². The van der Waals surface area contributed by atoms with Crippen LogP contribution >= 0.6 is 0 Å². The minimum Gasteiger partial charge on any atom is -0.482 e. The molecule has 2 rings (SSSR count). The summed E-state index contributed by atoms with van der Waals surface area (Å²) in [5.41, 5.74) is 5.90. The van der Waals surface area contributed by atoms with Crippen LogP contribution in [0.15, 0.2) is 18.2 Å². The van der Waals surface area contributed by atoms with Crippen LogP contribution in [0.5, 0.6) is 5.75 Å². The Morgan fingerprint density at radius 1 is 1.40 bits per heavy atom. The second-order valence-corrected chi connectivity index (χ2v) is 4.81. The Morgan fingerprint density at radius 3 is 2.65 bits per heavy atom. The van der Waals surface area contributed by atoms with Crippen molar-refractivity contribution in [2.24, 2.45) is 5.92 Å². The number of halogens is 3. The molecule has 0 heterocycles. The van der Waals surface area contributed by atoms with Gasteiger partial charge in [0.15, 0.2) is 6.61 Å². The second kappa shape index (κ2) is 5.60. The van der Waals surface area contributed by atoms with Gasteiger partial charge in [0.25, 0.3) is 5.91 Å². The molecule has 0 aliphatic heterocycles. The van der Waals surface area contributed by atoms with Gasteiger partial charge in [-0.25, -0.2) is 0 Å². The standard InChI is InChI=1S/C13H15F3N2O2/c14-13(15,16)7-20-11-4-3-9(5-10(11)17)12(19)18-6-8-1-2-8/h3-5,8H,1-2,6-7,17H2,(H,18,19). The first-order chi connectivity index (χ1) is 9.35. The molecule has 0 bridgehead atoms. The normalized spacial score (nSPS) is 14.9. The average molecular weight is 288 g/mol. The molecule has 0 saturated heterocycles. The number of hydrogen-bond donors (Lipinski definition) is 2. The minimum atomic E-state index is -4.42. The van der Waals surface area contributed by atoms with E-state index in [1.54, 1.807) is 0 Å². The highest BCUT2D eigenvalue weighted by molar-refractivity contribution is 5.95. The molecule has 1 amide bonds. The minimum absolute atomic E-state index is 0.00771. The van der Waals surface area contributed by atoms with Gasteiger partial charge in [-0.05, 0) is 37.0 Å². The molecule has 0 aromatic heterocycles. The van der Waals surface area contributed by atoms with Crippen LogP contribution in [0.3, 0.4) is 0 Å². The third kappa shape index (κ3) is 4.32. The number of carbonyl (C=O) groups is 1. The molecule has 0 atom stereocenters. The second-order valence-electron chi connectivity index (χ2n) is 4.81. The maximum atomic E-state index is 12.0. The van der Waals surface area contributed by atoms with Crippen LogP contribution in [-0.2, 0) is 0 Å². The quantitative estimate of drug-likeness (QED) is 0.817. The van der Waals surface area contributed by atoms with Crippen molar-refractivity contribution in [2.45, 2.75) is 19.0 Å². The summed E-state index contributed by atoms with van der Waals surface area (Å²) >= 11 is 0. The number of nitrogen functional groups attached to an aromatic ring is 1. The van der Waals surface area contributed by atoms with E-state index in [4.69, 9.17) is 5.73 Å². The number of alkyl halides is 3. The fourth-order valence-electron chi connectivity index (χ4n) is 1.64. The molecular weight excluding hydrogens is 273 g/mol. The molecule has 1 fully saturated rings. The number of nitrogens with one attached hydrogen (secondary N) is 1. The summed E-state index contributed by atoms with van der Waals surface area (Å²) < 4.78 is 40.7. The van der Waals surface area contributed by atoms with Gasteiger partial charge in [0.05, 0.1) is 5.69 Å². The first-order valence-electron chi connectivity index (χ1n) is 6.22. The lowest BCUT2D eigenvalue weighted by Gasteiger charge is -2.12. The molecule has 0 unspecified atom stereocenters. The maximum absolute atomic E-state index is 12.0. The predicted molar refractivity (Wildman–Crippen MR) is 67.5 cm³/mol. The van der Waals surface area contributed by atoms with Gasteiger partial charge in [-0.1, -0.05) is 0 Å². The zero-order chi connectivity index (χ0) is 14.8. The number of hydrogen-bond acceptors (Lipinski definition) is 3. The van der Waals surface area contributed by atoms with E-state index in [0.29, 0.717) is 18.0 Å². The van der Waals surface area contributed by atoms with Crippen LogP contribution < -0.4 is 15.8 Å². The van der Waals surface area contributed by atoms with Gasteiger partial charge >= 0.3 is 6.18 Å². The Labute approximate surface area is 114 Å². The number of nitrogens with two attached hydrogens (primary N) is 1. The van der Waals surface area contributed by atoms with Crippen molar-refractivity contribution in [3.63, 3.8) is 0 Å². The van der Waals surface area contributed by atoms with E-state index in [0.717, 1.165) is 12.8 Å². The Kier molecular flexibility index (Phi) is 4.06. The molecule has 110 valence electrons. The number of ether oxygens (including phenoxy) is 1. The molecule has 1 saturated carbocycles. The summed E-state index contributed by atoms with van der Waals surface area (Å²) in [5, 5.41) is 2.75. The van der Waals surface area contributed by atoms with Crippen LogP contribution in [0.25, 0.3) is 0 Å². The number of amides is 1. The van der Waals surface area contributed by atoms with Crippen molar-refractivity contribution >= 4 is 11.6 Å². The molecule has 0 radical (unpaired) electrons. The van der Waals surface area contributed by atoms with Crippen LogP contribution in [0.2, 0.25) is 0 Å². The Balaban J connectivity index is 1.95. The first-order valence-corrected chi connectivity index (χ1v) is 6.22. The Morgan fingerprint density at radius 2 is 2.10 bits per heavy atom. The molecule has 1 aromatic rings. The zero-order valence-corrected chi connectivity index (χ0v) is 10.7. The van der Waals surface area contributed by atoms with Crippen molar-refractivity contribution in [3.8, 4) is 5.75 Å². The molecule has 20 heavy (non-hydrogen) atoms. The molecule has 7 heteroatoms. The van der Waals surface area contributed by atoms with E-state index in [9.17, 15) is 18.0 Å². The van der Waals surface area contributed by atoms with Crippen molar-refractivity contribution in [1.82, 2.24) is 5.32 Å². The van der Waals surface area contributed by atoms with Crippen molar-refractivity contribution in [2.75, 3.05) is 18.9 Å².